The van der Waals surface area contributed by atoms with Crippen molar-refractivity contribution in [3.8, 4) is 6.07 Å². The zero-order chi connectivity index (χ0) is 27.0. The lowest BCUT2D eigenvalue weighted by Gasteiger charge is -2.22. The second-order valence-corrected chi connectivity index (χ2v) is 11.2. The van der Waals surface area contributed by atoms with Gasteiger partial charge in [-0.15, -0.1) is 11.3 Å². The van der Waals surface area contributed by atoms with E-state index in [9.17, 15) is 28.4 Å². The molecule has 1 unspecified atom stereocenters. The molecule has 3 N–H and O–H groups in total. The van der Waals surface area contributed by atoms with E-state index < -0.39 is 16.0 Å². The number of rotatable bonds is 11. The first-order valence-corrected chi connectivity index (χ1v) is 14.4. The highest BCUT2D eigenvalue weighted by Gasteiger charge is 2.25. The summed E-state index contributed by atoms with van der Waals surface area (Å²) in [6.07, 6.45) is 3.26. The molecule has 13 heteroatoms. The van der Waals surface area contributed by atoms with Crippen LogP contribution in [0.15, 0.2) is 29.1 Å². The van der Waals surface area contributed by atoms with Crippen molar-refractivity contribution in [2.45, 2.75) is 39.3 Å². The molecule has 0 radical (unpaired) electrons. The van der Waals surface area contributed by atoms with E-state index in [0.717, 1.165) is 30.7 Å². The first-order valence-electron chi connectivity index (χ1n) is 12.0. The van der Waals surface area contributed by atoms with E-state index >= 15 is 0 Å². The average molecular weight is 550 g/mol. The highest BCUT2D eigenvalue weighted by atomic mass is 32.2. The normalized spacial score (nSPS) is 17.4. The number of carbonyl (C=O) groups excluding carboxylic acids is 1. The second-order valence-electron chi connectivity index (χ2n) is 8.33. The van der Waals surface area contributed by atoms with Gasteiger partial charge in [-0.3, -0.25) is 19.0 Å². The van der Waals surface area contributed by atoms with Crippen LogP contribution in [-0.4, -0.2) is 67.1 Å². The number of thiazole rings is 1. The highest BCUT2D eigenvalue weighted by Crippen LogP contribution is 2.18. The molecule has 2 aromatic rings. The molecular weight excluding hydrogens is 518 g/mol. The predicted molar refractivity (Wildman–Crippen MR) is 143 cm³/mol. The summed E-state index contributed by atoms with van der Waals surface area (Å²) in [6.45, 7) is 4.86. The van der Waals surface area contributed by atoms with Gasteiger partial charge in [0.2, 0.25) is 10.0 Å². The summed E-state index contributed by atoms with van der Waals surface area (Å²) in [5, 5.41) is 21.9. The van der Waals surface area contributed by atoms with Crippen LogP contribution in [0.3, 0.4) is 0 Å². The predicted octanol–water partition coefficient (Wildman–Crippen LogP) is 0.216. The molecule has 0 spiro atoms. The zero-order valence-corrected chi connectivity index (χ0v) is 22.4. The molecule has 37 heavy (non-hydrogen) atoms. The third-order valence-electron chi connectivity index (χ3n) is 5.89. The summed E-state index contributed by atoms with van der Waals surface area (Å²) in [4.78, 5) is 27.0. The van der Waals surface area contributed by atoms with E-state index in [-0.39, 0.29) is 51.9 Å². The van der Waals surface area contributed by atoms with Crippen LogP contribution in [0, 0.1) is 11.3 Å². The smallest absolute Gasteiger partial charge is 0.351 e. The molecule has 11 nitrogen and oxygen atoms in total. The topological polar surface area (TPSA) is 154 Å². The van der Waals surface area contributed by atoms with Gasteiger partial charge in [0.25, 0.3) is 5.56 Å². The van der Waals surface area contributed by atoms with Gasteiger partial charge in [0, 0.05) is 31.0 Å². The number of carbonyl (C=O) groups is 1. The van der Waals surface area contributed by atoms with E-state index in [0.29, 0.717) is 17.9 Å². The number of benzene rings is 1. The van der Waals surface area contributed by atoms with Crippen molar-refractivity contribution >= 4 is 50.5 Å². The molecule has 2 heterocycles. The fraction of sp³-hybridized carbons (Fsp3) is 0.458. The molecule has 0 aliphatic carbocycles. The van der Waals surface area contributed by atoms with Crippen LogP contribution in [-0.2, 0) is 26.1 Å². The molecule has 0 bridgehead atoms. The largest absolute Gasteiger partial charge is 0.462 e. The molecule has 1 fully saturated rings. The Morgan fingerprint density at radius 2 is 2.11 bits per heavy atom. The minimum Gasteiger partial charge on any atom is -0.462 e. The van der Waals surface area contributed by atoms with Crippen molar-refractivity contribution in [1.29, 1.82) is 5.26 Å². The lowest BCUT2D eigenvalue weighted by Crippen LogP contribution is -2.36. The van der Waals surface area contributed by atoms with Gasteiger partial charge in [-0.25, -0.2) is 13.2 Å². The van der Waals surface area contributed by atoms with E-state index in [1.165, 1.54) is 10.8 Å². The Bertz CT molecular complexity index is 1440. The van der Waals surface area contributed by atoms with Crippen LogP contribution in [0.25, 0.3) is 11.8 Å². The first-order chi connectivity index (χ1) is 17.7. The molecule has 1 saturated heterocycles. The molecule has 1 aliphatic rings. The minimum atomic E-state index is -3.62. The number of nitriles is 1. The van der Waals surface area contributed by atoms with Crippen LogP contribution < -0.4 is 24.8 Å². The Labute approximate surface area is 219 Å². The summed E-state index contributed by atoms with van der Waals surface area (Å²) in [6, 6.07) is 8.44. The van der Waals surface area contributed by atoms with Gasteiger partial charge in [-0.05, 0) is 51.4 Å². The Kier molecular flexibility index (Phi) is 9.87. The number of likely N-dealkylation sites (tertiary alicyclic amines) is 1. The van der Waals surface area contributed by atoms with E-state index in [1.54, 1.807) is 38.1 Å². The maximum absolute atomic E-state index is 12.8. The second kappa shape index (κ2) is 12.9. The number of aliphatic hydroxyl groups excluding tert-OH is 1. The number of sulfonamides is 1. The Morgan fingerprint density at radius 3 is 2.78 bits per heavy atom. The van der Waals surface area contributed by atoms with Crippen molar-refractivity contribution in [1.82, 2.24) is 9.47 Å². The first kappa shape index (κ1) is 28.4. The van der Waals surface area contributed by atoms with E-state index in [2.05, 4.69) is 10.0 Å². The number of hydrogen-bond acceptors (Lipinski definition) is 10. The fourth-order valence-electron chi connectivity index (χ4n) is 4.06. The SMILES string of the molecule is CCOC(=O)/C(C#N)=c1/s/c(=C/Nc2cccc(NS(=O)(=O)CCN3CCCC3CO)c2)c(=O)n1CC. The molecule has 0 saturated carbocycles. The van der Waals surface area contributed by atoms with Crippen LogP contribution in [0.5, 0.6) is 0 Å². The highest BCUT2D eigenvalue weighted by molar-refractivity contribution is 7.92. The number of nitrogens with zero attached hydrogens (tertiary/aromatic N) is 3. The van der Waals surface area contributed by atoms with Crippen LogP contribution in [0.4, 0.5) is 11.4 Å². The van der Waals surface area contributed by atoms with Crippen molar-refractivity contribution < 1.29 is 23.1 Å². The van der Waals surface area contributed by atoms with Crippen molar-refractivity contribution in [3.63, 3.8) is 0 Å². The van der Waals surface area contributed by atoms with Crippen LogP contribution in [0.1, 0.15) is 26.7 Å². The minimum absolute atomic E-state index is 0.00690. The maximum Gasteiger partial charge on any atom is 0.351 e. The summed E-state index contributed by atoms with van der Waals surface area (Å²) >= 11 is 0.990. The van der Waals surface area contributed by atoms with E-state index in [1.807, 2.05) is 11.0 Å². The molecule has 200 valence electrons. The summed E-state index contributed by atoms with van der Waals surface area (Å²) in [5.74, 6) is -0.885. The monoisotopic (exact) mass is 549 g/mol. The number of hydrogen-bond donors (Lipinski definition) is 3. The third kappa shape index (κ3) is 7.20. The van der Waals surface area contributed by atoms with Gasteiger partial charge in [-0.2, -0.15) is 5.26 Å². The summed E-state index contributed by atoms with van der Waals surface area (Å²) in [7, 11) is -3.62. The maximum atomic E-state index is 12.8. The number of ether oxygens (including phenoxy) is 1. The average Bonchev–Trinajstić information content (AvgIpc) is 3.45. The zero-order valence-electron chi connectivity index (χ0n) is 20.8. The molecule has 1 aromatic carbocycles. The van der Waals surface area contributed by atoms with Gasteiger partial charge >= 0.3 is 5.97 Å². The van der Waals surface area contributed by atoms with E-state index in [4.69, 9.17) is 4.74 Å². The van der Waals surface area contributed by atoms with Crippen molar-refractivity contribution in [3.05, 3.63) is 43.8 Å². The molecule has 3 rings (SSSR count). The summed E-state index contributed by atoms with van der Waals surface area (Å²) < 4.78 is 34.6. The Balaban J connectivity index is 1.79. The number of esters is 1. The quantitative estimate of drug-likeness (QED) is 0.334. The molecule has 1 aromatic heterocycles. The van der Waals surface area contributed by atoms with Crippen molar-refractivity contribution in [2.24, 2.45) is 0 Å². The lowest BCUT2D eigenvalue weighted by atomic mass is 10.2. The molecular formula is C24H31N5O6S2. The van der Waals surface area contributed by atoms with Crippen LogP contribution in [0.2, 0.25) is 0 Å². The number of aliphatic hydroxyl groups is 1. The standard InChI is InChI=1S/C24H31N5O6S2/c1-3-29-22(31)21(36-23(29)20(14-25)24(32)35-4-2)15-26-17-7-5-8-18(13-17)27-37(33,34)12-11-28-10-6-9-19(28)16-30/h5,7-8,13,15,19,26-27,30H,3-4,6,9-12,16H2,1-2H3/b21-15+,23-20+. The molecule has 0 amide bonds. The van der Waals surface area contributed by atoms with Gasteiger partial charge in [0.15, 0.2) is 5.57 Å². The number of anilines is 2. The number of nitrogens with one attached hydrogen (secondary N) is 2. The van der Waals surface area contributed by atoms with Crippen LogP contribution >= 0.6 is 11.3 Å². The van der Waals surface area contributed by atoms with Gasteiger partial charge in [0.1, 0.15) is 15.3 Å². The fourth-order valence-corrected chi connectivity index (χ4v) is 6.20. The molecule has 1 atom stereocenters. The third-order valence-corrected chi connectivity index (χ3v) is 8.29. The van der Waals surface area contributed by atoms with Gasteiger partial charge in [0.05, 0.1) is 24.7 Å². The lowest BCUT2D eigenvalue weighted by molar-refractivity contribution is -0.136. The van der Waals surface area contributed by atoms with Gasteiger partial charge in [-0.1, -0.05) is 6.07 Å². The summed E-state index contributed by atoms with van der Waals surface area (Å²) in [5.41, 5.74) is 0.291. The Morgan fingerprint density at radius 1 is 1.35 bits per heavy atom. The van der Waals surface area contributed by atoms with Crippen molar-refractivity contribution in [2.75, 3.05) is 42.1 Å². The Hall–Kier alpha value is -3.18. The number of aromatic nitrogens is 1. The molecule has 1 aliphatic heterocycles. The van der Waals surface area contributed by atoms with Gasteiger partial charge < -0.3 is 15.2 Å².